The van der Waals surface area contributed by atoms with Crippen LogP contribution in [0.15, 0.2) is 18.2 Å². The number of nitrogens with zero attached hydrogens (tertiary/aromatic N) is 1. The van der Waals surface area contributed by atoms with Gasteiger partial charge < -0.3 is 10.1 Å². The van der Waals surface area contributed by atoms with Gasteiger partial charge in [0.2, 0.25) is 0 Å². The van der Waals surface area contributed by atoms with Crippen LogP contribution in [0.3, 0.4) is 0 Å². The molecule has 0 aliphatic carbocycles. The lowest BCUT2D eigenvalue weighted by molar-refractivity contribution is -0.384. The Morgan fingerprint density at radius 1 is 1.50 bits per heavy atom. The molecule has 1 aliphatic rings. The van der Waals surface area contributed by atoms with Crippen molar-refractivity contribution in [3.8, 4) is 0 Å². The number of non-ortho nitro benzene ring substituents is 1. The zero-order chi connectivity index (χ0) is 13.2. The Morgan fingerprint density at radius 3 is 2.89 bits per heavy atom. The summed E-state index contributed by atoms with van der Waals surface area (Å²) in [6, 6.07) is 5.04. The summed E-state index contributed by atoms with van der Waals surface area (Å²) >= 11 is 0. The van der Waals surface area contributed by atoms with E-state index in [1.165, 1.54) is 0 Å². The Bertz CT molecular complexity index is 454. The molecule has 0 aromatic heterocycles. The summed E-state index contributed by atoms with van der Waals surface area (Å²) in [5.41, 5.74) is 1.62. The van der Waals surface area contributed by atoms with Crippen molar-refractivity contribution >= 4 is 11.4 Å². The smallest absolute Gasteiger partial charge is 0.271 e. The number of aryl methyl sites for hydroxylation is 1. The van der Waals surface area contributed by atoms with Crippen molar-refractivity contribution in [3.63, 3.8) is 0 Å². The van der Waals surface area contributed by atoms with E-state index >= 15 is 0 Å². The van der Waals surface area contributed by atoms with Crippen molar-refractivity contribution in [1.29, 1.82) is 0 Å². The highest BCUT2D eigenvalue weighted by atomic mass is 16.6. The van der Waals surface area contributed by atoms with Crippen LogP contribution in [0.25, 0.3) is 0 Å². The Labute approximate surface area is 106 Å². The van der Waals surface area contributed by atoms with Gasteiger partial charge in [0.1, 0.15) is 0 Å². The van der Waals surface area contributed by atoms with Gasteiger partial charge in [-0.3, -0.25) is 10.1 Å². The number of rotatable bonds is 4. The summed E-state index contributed by atoms with van der Waals surface area (Å²) in [4.78, 5) is 10.4. The first-order valence-corrected chi connectivity index (χ1v) is 6.12. The SMILES string of the molecule is Cc1cc(NCC2(C)CCCO2)cc([N+](=O)[O-])c1. The van der Waals surface area contributed by atoms with Crippen LogP contribution in [0.4, 0.5) is 11.4 Å². The van der Waals surface area contributed by atoms with Crippen LogP contribution in [-0.2, 0) is 4.74 Å². The number of ether oxygens (including phenoxy) is 1. The second-order valence-electron chi connectivity index (χ2n) is 5.07. The van der Waals surface area contributed by atoms with Crippen LogP contribution in [0.5, 0.6) is 0 Å². The van der Waals surface area contributed by atoms with E-state index in [-0.39, 0.29) is 16.2 Å². The minimum atomic E-state index is -0.369. The van der Waals surface area contributed by atoms with E-state index in [9.17, 15) is 10.1 Å². The maximum atomic E-state index is 10.8. The van der Waals surface area contributed by atoms with E-state index in [4.69, 9.17) is 4.74 Å². The molecule has 1 N–H and O–H groups in total. The molecule has 2 rings (SSSR count). The molecule has 0 saturated carbocycles. The Kier molecular flexibility index (Phi) is 3.52. The lowest BCUT2D eigenvalue weighted by Gasteiger charge is -2.24. The van der Waals surface area contributed by atoms with Gasteiger partial charge in [0, 0.05) is 31.0 Å². The normalized spacial score (nSPS) is 23.0. The van der Waals surface area contributed by atoms with Gasteiger partial charge in [0.25, 0.3) is 5.69 Å². The van der Waals surface area contributed by atoms with Gasteiger partial charge >= 0.3 is 0 Å². The van der Waals surface area contributed by atoms with Gasteiger partial charge in [-0.1, -0.05) is 0 Å². The average molecular weight is 250 g/mol. The van der Waals surface area contributed by atoms with Crippen LogP contribution in [0, 0.1) is 17.0 Å². The maximum absolute atomic E-state index is 10.8. The molecule has 0 amide bonds. The fourth-order valence-corrected chi connectivity index (χ4v) is 2.24. The number of nitro groups is 1. The minimum Gasteiger partial charge on any atom is -0.382 e. The summed E-state index contributed by atoms with van der Waals surface area (Å²) < 4.78 is 5.67. The van der Waals surface area contributed by atoms with Crippen LogP contribution >= 0.6 is 0 Å². The quantitative estimate of drug-likeness (QED) is 0.659. The molecule has 1 atom stereocenters. The van der Waals surface area contributed by atoms with Crippen LogP contribution < -0.4 is 5.32 Å². The van der Waals surface area contributed by atoms with Crippen molar-refractivity contribution in [1.82, 2.24) is 0 Å². The molecule has 18 heavy (non-hydrogen) atoms. The highest BCUT2D eigenvalue weighted by molar-refractivity contribution is 5.54. The number of nitro benzene ring substituents is 1. The molecule has 5 heteroatoms. The Hall–Kier alpha value is -1.62. The predicted molar refractivity (Wildman–Crippen MR) is 69.9 cm³/mol. The van der Waals surface area contributed by atoms with Crippen molar-refractivity contribution in [2.24, 2.45) is 0 Å². The summed E-state index contributed by atoms with van der Waals surface area (Å²) in [7, 11) is 0. The number of hydrogen-bond donors (Lipinski definition) is 1. The van der Waals surface area contributed by atoms with Crippen molar-refractivity contribution < 1.29 is 9.66 Å². The predicted octanol–water partition coefficient (Wildman–Crippen LogP) is 2.88. The van der Waals surface area contributed by atoms with E-state index < -0.39 is 0 Å². The zero-order valence-corrected chi connectivity index (χ0v) is 10.7. The standard InChI is InChI=1S/C13H18N2O3/c1-10-6-11(8-12(7-10)15(16)17)14-9-13(2)4-3-5-18-13/h6-8,14H,3-5,9H2,1-2H3. The van der Waals surface area contributed by atoms with E-state index in [0.717, 1.165) is 30.7 Å². The summed E-state index contributed by atoms with van der Waals surface area (Å²) in [6.07, 6.45) is 2.10. The Balaban J connectivity index is 2.07. The Morgan fingerprint density at radius 2 is 2.28 bits per heavy atom. The van der Waals surface area contributed by atoms with Crippen molar-refractivity contribution in [3.05, 3.63) is 33.9 Å². The first kappa shape index (κ1) is 12.8. The monoisotopic (exact) mass is 250 g/mol. The lowest BCUT2D eigenvalue weighted by Crippen LogP contribution is -2.32. The topological polar surface area (TPSA) is 64.4 Å². The highest BCUT2D eigenvalue weighted by Gasteiger charge is 2.29. The molecule has 5 nitrogen and oxygen atoms in total. The van der Waals surface area contributed by atoms with Crippen molar-refractivity contribution in [2.75, 3.05) is 18.5 Å². The average Bonchev–Trinajstić information content (AvgIpc) is 2.73. The summed E-state index contributed by atoms with van der Waals surface area (Å²) in [5.74, 6) is 0. The zero-order valence-electron chi connectivity index (χ0n) is 10.7. The van der Waals surface area contributed by atoms with Gasteiger partial charge in [0.15, 0.2) is 0 Å². The van der Waals surface area contributed by atoms with Gasteiger partial charge in [-0.05, 0) is 38.3 Å². The third kappa shape index (κ3) is 2.98. The molecule has 1 aromatic rings. The fourth-order valence-electron chi connectivity index (χ4n) is 2.24. The third-order valence-electron chi connectivity index (χ3n) is 3.24. The lowest BCUT2D eigenvalue weighted by atomic mass is 10.0. The molecule has 1 aliphatic heterocycles. The second-order valence-corrected chi connectivity index (χ2v) is 5.07. The first-order chi connectivity index (χ1) is 8.48. The second kappa shape index (κ2) is 4.94. The summed E-state index contributed by atoms with van der Waals surface area (Å²) in [6.45, 7) is 5.39. The molecule has 1 aromatic carbocycles. The molecule has 98 valence electrons. The third-order valence-corrected chi connectivity index (χ3v) is 3.24. The van der Waals surface area contributed by atoms with Crippen LogP contribution in [0.1, 0.15) is 25.3 Å². The highest BCUT2D eigenvalue weighted by Crippen LogP contribution is 2.26. The molecule has 1 fully saturated rings. The molecule has 1 unspecified atom stereocenters. The summed E-state index contributed by atoms with van der Waals surface area (Å²) in [5, 5.41) is 14.0. The van der Waals surface area contributed by atoms with E-state index in [1.54, 1.807) is 12.1 Å². The van der Waals surface area contributed by atoms with Crippen molar-refractivity contribution in [2.45, 2.75) is 32.3 Å². The molecule has 0 bridgehead atoms. The number of hydrogen-bond acceptors (Lipinski definition) is 4. The first-order valence-electron chi connectivity index (χ1n) is 6.12. The van der Waals surface area contributed by atoms with E-state index in [0.29, 0.717) is 6.54 Å². The van der Waals surface area contributed by atoms with Gasteiger partial charge in [-0.15, -0.1) is 0 Å². The minimum absolute atomic E-state index is 0.120. The fraction of sp³-hybridized carbons (Fsp3) is 0.538. The van der Waals surface area contributed by atoms with Crippen LogP contribution in [-0.4, -0.2) is 23.7 Å². The number of nitrogens with one attached hydrogen (secondary N) is 1. The maximum Gasteiger partial charge on any atom is 0.271 e. The molecular formula is C13H18N2O3. The molecule has 1 saturated heterocycles. The van der Waals surface area contributed by atoms with E-state index in [2.05, 4.69) is 12.2 Å². The van der Waals surface area contributed by atoms with E-state index in [1.807, 2.05) is 13.0 Å². The van der Waals surface area contributed by atoms with Gasteiger partial charge in [-0.25, -0.2) is 0 Å². The van der Waals surface area contributed by atoms with Crippen LogP contribution in [0.2, 0.25) is 0 Å². The molecule has 0 radical (unpaired) electrons. The largest absolute Gasteiger partial charge is 0.382 e. The molecule has 1 heterocycles. The number of anilines is 1. The number of benzene rings is 1. The molecular weight excluding hydrogens is 232 g/mol. The van der Waals surface area contributed by atoms with Gasteiger partial charge in [0.05, 0.1) is 10.5 Å². The molecule has 0 spiro atoms. The van der Waals surface area contributed by atoms with Gasteiger partial charge in [-0.2, -0.15) is 0 Å².